The molecule has 0 aromatic carbocycles. The fraction of sp³-hybridized carbons (Fsp3) is 0.824. The normalized spacial score (nSPS) is 24.3. The van der Waals surface area contributed by atoms with Crippen LogP contribution >= 0.6 is 10.3 Å². The Labute approximate surface area is 137 Å². The van der Waals surface area contributed by atoms with E-state index in [1.807, 2.05) is 25.7 Å². The number of carbonyl (C=O) groups is 1. The highest BCUT2D eigenvalue weighted by atomic mass is 32.3. The Morgan fingerprint density at radius 3 is 2.18 bits per heavy atom. The molecule has 1 fully saturated rings. The van der Waals surface area contributed by atoms with Crippen molar-refractivity contribution in [2.75, 3.05) is 19.1 Å². The first kappa shape index (κ1) is 19.4. The zero-order valence-corrected chi connectivity index (χ0v) is 16.3. The zero-order chi connectivity index (χ0) is 17.3. The molecule has 0 unspecified atom stereocenters. The minimum Gasteiger partial charge on any atom is -0.474 e. The van der Waals surface area contributed by atoms with E-state index in [0.717, 1.165) is 6.29 Å². The maximum atomic E-state index is 11.4. The van der Waals surface area contributed by atoms with Crippen LogP contribution in [0.1, 0.15) is 48.0 Å². The number of aldehydes is 1. The highest BCUT2D eigenvalue weighted by Crippen LogP contribution is 2.55. The molecule has 0 radical (unpaired) electrons. The molecule has 1 heterocycles. The number of likely N-dealkylation sites (tertiary alicyclic amines) is 1. The maximum Gasteiger partial charge on any atom is 0.183 e. The molecular formula is C17H33NO3S. The van der Waals surface area contributed by atoms with E-state index in [9.17, 15) is 4.79 Å². The molecule has 4 nitrogen and oxygen atoms in total. The van der Waals surface area contributed by atoms with Crippen LogP contribution in [0, 0.1) is 0 Å². The number of carbonyl (C=O) groups excluding carboxylic acids is 1. The largest absolute Gasteiger partial charge is 0.474 e. The Morgan fingerprint density at radius 2 is 1.77 bits per heavy atom. The molecule has 0 aliphatic carbocycles. The fourth-order valence-corrected chi connectivity index (χ4v) is 3.32. The van der Waals surface area contributed by atoms with Gasteiger partial charge in [0.1, 0.15) is 11.9 Å². The predicted octanol–water partition coefficient (Wildman–Crippen LogP) is 3.71. The van der Waals surface area contributed by atoms with Gasteiger partial charge in [-0.3, -0.25) is 0 Å². The van der Waals surface area contributed by atoms with Gasteiger partial charge in [0.2, 0.25) is 0 Å². The van der Waals surface area contributed by atoms with Crippen LogP contribution < -0.4 is 0 Å². The molecular weight excluding hydrogens is 298 g/mol. The van der Waals surface area contributed by atoms with Crippen LogP contribution in [0.4, 0.5) is 0 Å². The lowest BCUT2D eigenvalue weighted by atomic mass is 10.2. The summed E-state index contributed by atoms with van der Waals surface area (Å²) in [7, 11) is -1.21. The van der Waals surface area contributed by atoms with E-state index in [-0.39, 0.29) is 22.5 Å². The molecule has 1 aliphatic rings. The molecule has 0 spiro atoms. The number of nitrogens with zero attached hydrogens (tertiary/aromatic N) is 1. The second kappa shape index (κ2) is 6.44. The average molecular weight is 332 g/mol. The molecule has 0 amide bonds. The van der Waals surface area contributed by atoms with Crippen molar-refractivity contribution in [2.45, 2.75) is 70.5 Å². The van der Waals surface area contributed by atoms with Crippen LogP contribution in [0.15, 0.2) is 12.5 Å². The van der Waals surface area contributed by atoms with Gasteiger partial charge in [0, 0.05) is 17.7 Å². The molecule has 1 saturated heterocycles. The van der Waals surface area contributed by atoms with E-state index in [4.69, 9.17) is 8.92 Å². The highest BCUT2D eigenvalue weighted by molar-refractivity contribution is 8.29. The number of rotatable bonds is 5. The van der Waals surface area contributed by atoms with Crippen molar-refractivity contribution in [2.24, 2.45) is 0 Å². The van der Waals surface area contributed by atoms with Crippen LogP contribution in [0.2, 0.25) is 0 Å². The summed E-state index contributed by atoms with van der Waals surface area (Å²) in [5.41, 5.74) is -0.320. The zero-order valence-electron chi connectivity index (χ0n) is 15.4. The summed E-state index contributed by atoms with van der Waals surface area (Å²) in [5.74, 6) is 0.555. The summed E-state index contributed by atoms with van der Waals surface area (Å²) >= 11 is 0. The molecule has 5 heteroatoms. The first-order valence-electron chi connectivity index (χ1n) is 7.78. The van der Waals surface area contributed by atoms with Crippen molar-refractivity contribution in [1.82, 2.24) is 4.90 Å². The van der Waals surface area contributed by atoms with Gasteiger partial charge >= 0.3 is 0 Å². The Bertz CT molecular complexity index is 421. The Hall–Kier alpha value is -0.680. The van der Waals surface area contributed by atoms with Gasteiger partial charge in [0.25, 0.3) is 0 Å². The molecule has 2 atom stereocenters. The standard InChI is InChI=1S/C17H33NO3S/c1-13(20-16(2,3)4)18-11-15(10-14(18)12-19)21-22(8,9)17(5,6)7/h12,14-15H,1,10-11H2,2-9H3/t14-,15+/m1/s1. The monoisotopic (exact) mass is 331 g/mol. The van der Waals surface area contributed by atoms with Gasteiger partial charge in [-0.2, -0.15) is 0 Å². The van der Waals surface area contributed by atoms with E-state index >= 15 is 0 Å². The minimum atomic E-state index is -1.21. The van der Waals surface area contributed by atoms with Gasteiger partial charge in [-0.05, 0) is 39.9 Å². The lowest BCUT2D eigenvalue weighted by Gasteiger charge is -2.45. The minimum absolute atomic E-state index is 0.0414. The third-order valence-corrected chi connectivity index (χ3v) is 7.76. The number of hydrogen-bond donors (Lipinski definition) is 0. The topological polar surface area (TPSA) is 38.8 Å². The molecule has 0 aromatic rings. The van der Waals surface area contributed by atoms with Crippen LogP contribution in [0.3, 0.4) is 0 Å². The Morgan fingerprint density at radius 1 is 1.23 bits per heavy atom. The molecule has 0 bridgehead atoms. The third kappa shape index (κ3) is 4.92. The summed E-state index contributed by atoms with van der Waals surface area (Å²) in [4.78, 5) is 13.3. The SMILES string of the molecule is C=C(OC(C)(C)C)N1C[C@@H](OS(C)(C)C(C)(C)C)C[C@@H]1C=O. The van der Waals surface area contributed by atoms with Crippen LogP contribution in [-0.4, -0.2) is 52.7 Å². The van der Waals surface area contributed by atoms with E-state index in [1.54, 1.807) is 0 Å². The summed E-state index contributed by atoms with van der Waals surface area (Å²) in [6, 6.07) is -0.213. The van der Waals surface area contributed by atoms with Crippen molar-refractivity contribution in [1.29, 1.82) is 0 Å². The molecule has 0 aromatic heterocycles. The smallest absolute Gasteiger partial charge is 0.183 e. The summed E-state index contributed by atoms with van der Waals surface area (Å²) < 4.78 is 12.3. The number of hydrogen-bond acceptors (Lipinski definition) is 4. The first-order valence-corrected chi connectivity index (χ1v) is 10.2. The quantitative estimate of drug-likeness (QED) is 0.569. The molecule has 130 valence electrons. The summed E-state index contributed by atoms with van der Waals surface area (Å²) in [5, 5.41) is 0. The molecule has 1 rings (SSSR count). The Kier molecular flexibility index (Phi) is 5.67. The lowest BCUT2D eigenvalue weighted by Crippen LogP contribution is -2.35. The van der Waals surface area contributed by atoms with Gasteiger partial charge in [-0.15, -0.1) is 10.3 Å². The summed E-state index contributed by atoms with van der Waals surface area (Å²) in [6.45, 7) is 17.2. The number of ether oxygens (including phenoxy) is 1. The van der Waals surface area contributed by atoms with Gasteiger partial charge < -0.3 is 18.6 Å². The van der Waals surface area contributed by atoms with Gasteiger partial charge in [-0.1, -0.05) is 20.8 Å². The van der Waals surface area contributed by atoms with Crippen molar-refractivity contribution in [3.63, 3.8) is 0 Å². The van der Waals surface area contributed by atoms with E-state index < -0.39 is 10.3 Å². The average Bonchev–Trinajstić information content (AvgIpc) is 2.67. The molecule has 0 N–H and O–H groups in total. The fourth-order valence-electron chi connectivity index (χ4n) is 2.21. The van der Waals surface area contributed by atoms with E-state index in [2.05, 4.69) is 39.9 Å². The molecule has 22 heavy (non-hydrogen) atoms. The first-order chi connectivity index (χ1) is 9.77. The maximum absolute atomic E-state index is 11.4. The predicted molar refractivity (Wildman–Crippen MR) is 95.2 cm³/mol. The lowest BCUT2D eigenvalue weighted by molar-refractivity contribution is -0.112. The van der Waals surface area contributed by atoms with Crippen LogP contribution in [0.25, 0.3) is 0 Å². The van der Waals surface area contributed by atoms with Crippen LogP contribution in [0.5, 0.6) is 0 Å². The van der Waals surface area contributed by atoms with E-state index in [1.165, 1.54) is 0 Å². The summed E-state index contributed by atoms with van der Waals surface area (Å²) in [6.07, 6.45) is 6.08. The van der Waals surface area contributed by atoms with Crippen molar-refractivity contribution in [3.05, 3.63) is 12.5 Å². The Balaban J connectivity index is 2.77. The third-order valence-electron chi connectivity index (χ3n) is 4.06. The van der Waals surface area contributed by atoms with Gasteiger partial charge in [0.15, 0.2) is 5.88 Å². The molecule has 0 saturated carbocycles. The van der Waals surface area contributed by atoms with Crippen molar-refractivity contribution >= 4 is 16.6 Å². The molecule has 1 aliphatic heterocycles. The van der Waals surface area contributed by atoms with E-state index in [0.29, 0.717) is 18.8 Å². The highest BCUT2D eigenvalue weighted by Gasteiger charge is 2.39. The van der Waals surface area contributed by atoms with Crippen LogP contribution in [-0.2, 0) is 13.7 Å². The second-order valence-corrected chi connectivity index (χ2v) is 12.1. The second-order valence-electron chi connectivity index (χ2n) is 8.26. The van der Waals surface area contributed by atoms with Gasteiger partial charge in [0.05, 0.1) is 12.1 Å². The van der Waals surface area contributed by atoms with Gasteiger partial charge in [-0.25, -0.2) is 0 Å². The van der Waals surface area contributed by atoms with Crippen molar-refractivity contribution < 1.29 is 13.7 Å². The van der Waals surface area contributed by atoms with Crippen molar-refractivity contribution in [3.8, 4) is 0 Å².